The van der Waals surface area contributed by atoms with Crippen LogP contribution in [0.15, 0.2) is 18.5 Å². The zero-order valence-corrected chi connectivity index (χ0v) is 10.4. The Bertz CT molecular complexity index is 485. The third-order valence-electron chi connectivity index (χ3n) is 2.91. The Kier molecular flexibility index (Phi) is 3.79. The normalized spacial score (nSPS) is 21.3. The predicted molar refractivity (Wildman–Crippen MR) is 65.1 cm³/mol. The minimum atomic E-state index is -0.872. The van der Waals surface area contributed by atoms with Crippen molar-refractivity contribution in [2.75, 3.05) is 7.05 Å². The summed E-state index contributed by atoms with van der Waals surface area (Å²) in [7, 11) is 1.63. The highest BCUT2D eigenvalue weighted by Crippen LogP contribution is 2.18. The molecule has 1 heterocycles. The van der Waals surface area contributed by atoms with Crippen LogP contribution in [0, 0.1) is 5.92 Å². The van der Waals surface area contributed by atoms with Gasteiger partial charge in [-0.25, -0.2) is 9.78 Å². The van der Waals surface area contributed by atoms with Gasteiger partial charge < -0.3 is 15.3 Å². The van der Waals surface area contributed by atoms with Crippen LogP contribution in [-0.2, 0) is 11.3 Å². The lowest BCUT2D eigenvalue weighted by atomic mass is 10.1. The van der Waals surface area contributed by atoms with Crippen LogP contribution in [0.5, 0.6) is 0 Å². The number of aromatic nitrogens is 3. The molecule has 0 spiro atoms. The molecule has 2 atom stereocenters. The van der Waals surface area contributed by atoms with E-state index in [9.17, 15) is 9.59 Å². The molecule has 1 aliphatic rings. The molecule has 2 amide bonds. The Morgan fingerprint density at radius 1 is 1.58 bits per heavy atom. The Morgan fingerprint density at radius 3 is 2.95 bits per heavy atom. The van der Waals surface area contributed by atoms with E-state index in [4.69, 9.17) is 5.11 Å². The van der Waals surface area contributed by atoms with Gasteiger partial charge in [-0.05, 0) is 6.42 Å². The number of carboxylic acid groups (broad SMARTS) is 1. The third kappa shape index (κ3) is 3.30. The van der Waals surface area contributed by atoms with Crippen LogP contribution in [0.4, 0.5) is 4.79 Å². The highest BCUT2D eigenvalue weighted by molar-refractivity contribution is 5.76. The van der Waals surface area contributed by atoms with E-state index >= 15 is 0 Å². The smallest absolute Gasteiger partial charge is 0.318 e. The van der Waals surface area contributed by atoms with Crippen molar-refractivity contribution in [1.29, 1.82) is 0 Å². The van der Waals surface area contributed by atoms with Crippen LogP contribution in [0.25, 0.3) is 0 Å². The minimum Gasteiger partial charge on any atom is -0.481 e. The van der Waals surface area contributed by atoms with Gasteiger partial charge >= 0.3 is 12.0 Å². The van der Waals surface area contributed by atoms with E-state index in [0.29, 0.717) is 18.8 Å². The molecule has 0 fully saturated rings. The Hall–Kier alpha value is -2.38. The fraction of sp³-hybridized carbons (Fsp3) is 0.455. The molecular weight excluding hydrogens is 250 g/mol. The van der Waals surface area contributed by atoms with Crippen molar-refractivity contribution in [3.8, 4) is 0 Å². The number of nitrogens with zero attached hydrogens (tertiary/aromatic N) is 3. The number of aliphatic carboxylic acids is 1. The second-order valence-electron chi connectivity index (χ2n) is 4.41. The molecule has 1 aromatic heterocycles. The van der Waals surface area contributed by atoms with Crippen molar-refractivity contribution in [2.24, 2.45) is 5.92 Å². The summed E-state index contributed by atoms with van der Waals surface area (Å²) in [4.78, 5) is 28.0. The van der Waals surface area contributed by atoms with Gasteiger partial charge in [-0.1, -0.05) is 12.2 Å². The number of carbonyl (C=O) groups is 2. The lowest BCUT2D eigenvalue weighted by Gasteiger charge is -2.19. The molecule has 2 rings (SSSR count). The van der Waals surface area contributed by atoms with E-state index < -0.39 is 11.9 Å². The number of hydrogen-bond acceptors (Lipinski definition) is 4. The summed E-state index contributed by atoms with van der Waals surface area (Å²) in [5, 5.41) is 18.0. The zero-order valence-electron chi connectivity index (χ0n) is 10.4. The first-order valence-corrected chi connectivity index (χ1v) is 5.83. The number of rotatable bonds is 4. The maximum atomic E-state index is 11.9. The van der Waals surface area contributed by atoms with Crippen LogP contribution in [0.1, 0.15) is 12.2 Å². The van der Waals surface area contributed by atoms with Crippen LogP contribution >= 0.6 is 0 Å². The first-order chi connectivity index (χ1) is 9.06. The fourth-order valence-electron chi connectivity index (χ4n) is 1.86. The molecule has 8 heteroatoms. The molecule has 2 unspecified atom stereocenters. The largest absolute Gasteiger partial charge is 0.481 e. The number of aromatic amines is 1. The van der Waals surface area contributed by atoms with Gasteiger partial charge in [-0.15, -0.1) is 0 Å². The van der Waals surface area contributed by atoms with Crippen LogP contribution in [0.2, 0.25) is 0 Å². The van der Waals surface area contributed by atoms with Crippen molar-refractivity contribution in [1.82, 2.24) is 25.4 Å². The van der Waals surface area contributed by atoms with Crippen LogP contribution in [0.3, 0.4) is 0 Å². The second kappa shape index (κ2) is 5.51. The van der Waals surface area contributed by atoms with Gasteiger partial charge in [0.05, 0.1) is 18.5 Å². The van der Waals surface area contributed by atoms with Gasteiger partial charge in [0.25, 0.3) is 0 Å². The number of carbonyl (C=O) groups excluding carboxylic acids is 1. The summed E-state index contributed by atoms with van der Waals surface area (Å²) in [5.41, 5.74) is 0. The van der Waals surface area contributed by atoms with E-state index in [2.05, 4.69) is 20.5 Å². The first-order valence-electron chi connectivity index (χ1n) is 5.83. The number of amides is 2. The van der Waals surface area contributed by atoms with Gasteiger partial charge in [0, 0.05) is 7.05 Å². The molecular formula is C11H15N5O3. The van der Waals surface area contributed by atoms with E-state index in [0.717, 1.165) is 0 Å². The molecule has 0 radical (unpaired) electrons. The van der Waals surface area contributed by atoms with Crippen molar-refractivity contribution < 1.29 is 14.7 Å². The monoisotopic (exact) mass is 265 g/mol. The summed E-state index contributed by atoms with van der Waals surface area (Å²) in [6, 6.07) is -0.525. The number of nitrogens with one attached hydrogen (secondary N) is 2. The van der Waals surface area contributed by atoms with Crippen molar-refractivity contribution >= 4 is 12.0 Å². The van der Waals surface area contributed by atoms with Crippen LogP contribution in [-0.4, -0.2) is 50.3 Å². The number of hydrogen-bond donors (Lipinski definition) is 3. The maximum Gasteiger partial charge on any atom is 0.318 e. The third-order valence-corrected chi connectivity index (χ3v) is 2.91. The minimum absolute atomic E-state index is 0.245. The predicted octanol–water partition coefficient (Wildman–Crippen LogP) is -0.0246. The van der Waals surface area contributed by atoms with Crippen LogP contribution < -0.4 is 5.32 Å². The van der Waals surface area contributed by atoms with Gasteiger partial charge in [0.1, 0.15) is 12.2 Å². The molecule has 1 aromatic rings. The average molecular weight is 265 g/mol. The zero-order chi connectivity index (χ0) is 13.8. The number of urea groups is 1. The topological polar surface area (TPSA) is 111 Å². The van der Waals surface area contributed by atoms with Crippen molar-refractivity contribution in [3.63, 3.8) is 0 Å². The molecule has 0 bridgehead atoms. The number of H-pyrrole nitrogens is 1. The van der Waals surface area contributed by atoms with Gasteiger partial charge in [-0.2, -0.15) is 5.10 Å². The SMILES string of the molecule is CN(Cc1ncn[nH]1)C(=O)NC1C=CC(C(=O)O)C1. The highest BCUT2D eigenvalue weighted by atomic mass is 16.4. The van der Waals surface area contributed by atoms with Gasteiger partial charge in [0.15, 0.2) is 0 Å². The Morgan fingerprint density at radius 2 is 2.37 bits per heavy atom. The van der Waals surface area contributed by atoms with Gasteiger partial charge in [0.2, 0.25) is 0 Å². The molecule has 0 saturated carbocycles. The molecule has 1 aliphatic carbocycles. The van der Waals surface area contributed by atoms with Crippen molar-refractivity contribution in [2.45, 2.75) is 19.0 Å². The maximum absolute atomic E-state index is 11.9. The summed E-state index contributed by atoms with van der Waals surface area (Å²) in [6.45, 7) is 0.310. The lowest BCUT2D eigenvalue weighted by Crippen LogP contribution is -2.42. The molecule has 102 valence electrons. The van der Waals surface area contributed by atoms with Gasteiger partial charge in [-0.3, -0.25) is 9.89 Å². The lowest BCUT2D eigenvalue weighted by molar-refractivity contribution is -0.140. The van der Waals surface area contributed by atoms with E-state index in [1.807, 2.05) is 0 Å². The van der Waals surface area contributed by atoms with E-state index in [-0.39, 0.29) is 12.1 Å². The van der Waals surface area contributed by atoms with E-state index in [1.54, 1.807) is 19.2 Å². The summed E-state index contributed by atoms with van der Waals surface area (Å²) >= 11 is 0. The second-order valence-corrected chi connectivity index (χ2v) is 4.41. The van der Waals surface area contributed by atoms with Crippen molar-refractivity contribution in [3.05, 3.63) is 24.3 Å². The van der Waals surface area contributed by atoms with E-state index in [1.165, 1.54) is 11.2 Å². The molecule has 3 N–H and O–H groups in total. The molecule has 0 saturated heterocycles. The quantitative estimate of drug-likeness (QED) is 0.662. The summed E-state index contributed by atoms with van der Waals surface area (Å²) < 4.78 is 0. The molecule has 0 aliphatic heterocycles. The summed E-state index contributed by atoms with van der Waals surface area (Å²) in [5.74, 6) is -0.809. The fourth-order valence-corrected chi connectivity index (χ4v) is 1.86. The first kappa shape index (κ1) is 13.1. The molecule has 19 heavy (non-hydrogen) atoms. The summed E-state index contributed by atoms with van der Waals surface area (Å²) in [6.07, 6.45) is 5.07. The molecule has 0 aromatic carbocycles. The Balaban J connectivity index is 1.81. The average Bonchev–Trinajstić information content (AvgIpc) is 2.99. The Labute approximate surface area is 109 Å². The highest BCUT2D eigenvalue weighted by Gasteiger charge is 2.26. The molecule has 8 nitrogen and oxygen atoms in total. The number of carboxylic acids is 1. The standard InChI is InChI=1S/C11H15N5O3/c1-16(5-9-12-6-13-15-9)11(19)14-8-3-2-7(4-8)10(17)18/h2-3,6-8H,4-5H2,1H3,(H,14,19)(H,17,18)(H,12,13,15).